The number of hydrogen-bond donors (Lipinski definition) is 3. The highest BCUT2D eigenvalue weighted by Gasteiger charge is 2.61. The van der Waals surface area contributed by atoms with Gasteiger partial charge in [0.1, 0.15) is 0 Å². The molecule has 1 atom stereocenters. The van der Waals surface area contributed by atoms with E-state index in [1.807, 2.05) is 0 Å². The quantitative estimate of drug-likeness (QED) is 0.494. The van der Waals surface area contributed by atoms with Crippen molar-refractivity contribution < 1.29 is 27.3 Å². The van der Waals surface area contributed by atoms with Crippen molar-refractivity contribution >= 4 is 30.1 Å². The first kappa shape index (κ1) is 16.3. The molecule has 16 heavy (non-hydrogen) atoms. The van der Waals surface area contributed by atoms with Gasteiger partial charge in [-0.15, -0.1) is 12.4 Å². The van der Waals surface area contributed by atoms with Crippen molar-refractivity contribution in [2.24, 2.45) is 0 Å². The first-order chi connectivity index (χ1) is 6.63. The van der Waals surface area contributed by atoms with Crippen LogP contribution in [0.3, 0.4) is 0 Å². The molecule has 1 unspecified atom stereocenters. The molecule has 0 bridgehead atoms. The maximum absolute atomic E-state index is 11.3. The summed E-state index contributed by atoms with van der Waals surface area (Å²) in [5.74, 6) is 0. The summed E-state index contributed by atoms with van der Waals surface area (Å²) in [5.41, 5.74) is 0. The van der Waals surface area contributed by atoms with E-state index >= 15 is 0 Å². The lowest BCUT2D eigenvalue weighted by Gasteiger charge is -2.41. The predicted molar refractivity (Wildman–Crippen MR) is 60.1 cm³/mol. The van der Waals surface area contributed by atoms with Crippen molar-refractivity contribution in [3.8, 4) is 0 Å². The molecule has 0 spiro atoms. The van der Waals surface area contributed by atoms with Crippen LogP contribution in [0.25, 0.3) is 0 Å². The minimum absolute atomic E-state index is 0. The normalized spacial score (nSPS) is 28.5. The predicted octanol–water partition coefficient (Wildman–Crippen LogP) is 0.243. The second kappa shape index (κ2) is 4.89. The van der Waals surface area contributed by atoms with E-state index in [0.29, 0.717) is 12.8 Å². The van der Waals surface area contributed by atoms with E-state index in [9.17, 15) is 13.0 Å². The van der Waals surface area contributed by atoms with E-state index in [0.717, 1.165) is 4.90 Å². The summed E-state index contributed by atoms with van der Waals surface area (Å²) >= 11 is 0. The molecule has 1 aliphatic rings. The molecule has 0 aromatic carbocycles. The first-order valence-electron chi connectivity index (χ1n) is 4.37. The fraction of sp³-hybridized carbons (Fsp3) is 1.00. The molecule has 0 amide bonds. The molecule has 0 aromatic heterocycles. The Balaban J connectivity index is 0.00000225. The van der Waals surface area contributed by atoms with Crippen molar-refractivity contribution in [1.29, 1.82) is 0 Å². The molecule has 1 aliphatic heterocycles. The van der Waals surface area contributed by atoms with Gasteiger partial charge in [0.15, 0.2) is 0 Å². The lowest BCUT2D eigenvalue weighted by molar-refractivity contribution is 0.164. The third-order valence-electron chi connectivity index (χ3n) is 2.71. The highest BCUT2D eigenvalue weighted by atomic mass is 35.5. The summed E-state index contributed by atoms with van der Waals surface area (Å²) in [6.07, 6.45) is 0.746. The third kappa shape index (κ3) is 2.43. The van der Waals surface area contributed by atoms with Gasteiger partial charge in [0, 0.05) is 6.54 Å². The van der Waals surface area contributed by atoms with Crippen LogP contribution in [0.2, 0.25) is 0 Å². The van der Waals surface area contributed by atoms with Crippen LogP contribution in [-0.4, -0.2) is 45.9 Å². The SMILES string of the molecule is CN1CCCCC1(P(=O)(O)O)S(=O)(=O)O.Cl. The molecule has 7 nitrogen and oxygen atoms in total. The van der Waals surface area contributed by atoms with E-state index in [1.54, 1.807) is 0 Å². The molecular weight excluding hydrogens is 281 g/mol. The number of likely N-dealkylation sites (tertiary alicyclic amines) is 1. The molecule has 98 valence electrons. The minimum atomic E-state index is -4.96. The zero-order valence-corrected chi connectivity index (χ0v) is 11.1. The van der Waals surface area contributed by atoms with Gasteiger partial charge >= 0.3 is 7.60 Å². The molecule has 1 heterocycles. The number of rotatable bonds is 2. The van der Waals surface area contributed by atoms with Crippen LogP contribution in [0.4, 0.5) is 0 Å². The van der Waals surface area contributed by atoms with Gasteiger partial charge in [-0.1, -0.05) is 0 Å². The van der Waals surface area contributed by atoms with Crippen molar-refractivity contribution in [1.82, 2.24) is 4.90 Å². The highest BCUT2D eigenvalue weighted by molar-refractivity contribution is 7.94. The Morgan fingerprint density at radius 2 is 1.81 bits per heavy atom. The molecule has 0 saturated carbocycles. The molecule has 0 aromatic rings. The van der Waals surface area contributed by atoms with Gasteiger partial charge in [0.2, 0.25) is 0 Å². The van der Waals surface area contributed by atoms with Crippen molar-refractivity contribution in [3.63, 3.8) is 0 Å². The van der Waals surface area contributed by atoms with E-state index < -0.39 is 22.3 Å². The van der Waals surface area contributed by atoms with Gasteiger partial charge < -0.3 is 9.79 Å². The summed E-state index contributed by atoms with van der Waals surface area (Å²) in [6.45, 7) is 0.227. The van der Waals surface area contributed by atoms with Gasteiger partial charge in [-0.2, -0.15) is 8.42 Å². The second-order valence-corrected chi connectivity index (χ2v) is 7.40. The highest BCUT2D eigenvalue weighted by Crippen LogP contribution is 2.58. The van der Waals surface area contributed by atoms with Crippen molar-refractivity contribution in [2.45, 2.75) is 23.9 Å². The standard InChI is InChI=1S/C6H14NO6PS.ClH/c1-7-5-3-2-4-6(7,14(8,9)10)15(11,12)13;/h2-5H2,1H3,(H2,8,9,10)(H,11,12,13);1H. The molecule has 1 fully saturated rings. The Morgan fingerprint density at radius 1 is 1.31 bits per heavy atom. The Morgan fingerprint density at radius 3 is 2.06 bits per heavy atom. The fourth-order valence-electron chi connectivity index (χ4n) is 1.91. The lowest BCUT2D eigenvalue weighted by Crippen LogP contribution is -2.54. The zero-order valence-electron chi connectivity index (χ0n) is 8.61. The number of halogens is 1. The number of hydrogen-bond acceptors (Lipinski definition) is 4. The largest absolute Gasteiger partial charge is 0.363 e. The van der Waals surface area contributed by atoms with E-state index in [1.165, 1.54) is 7.05 Å². The van der Waals surface area contributed by atoms with Gasteiger partial charge in [-0.25, -0.2) is 0 Å². The zero-order chi connectivity index (χ0) is 11.9. The first-order valence-corrected chi connectivity index (χ1v) is 7.42. The van der Waals surface area contributed by atoms with Crippen LogP contribution >= 0.6 is 20.0 Å². The van der Waals surface area contributed by atoms with E-state index in [4.69, 9.17) is 14.3 Å². The van der Waals surface area contributed by atoms with Crippen LogP contribution in [0.1, 0.15) is 19.3 Å². The maximum Gasteiger partial charge on any atom is 0.363 e. The lowest BCUT2D eigenvalue weighted by atomic mass is 10.1. The molecule has 0 radical (unpaired) electrons. The molecule has 3 N–H and O–H groups in total. The second-order valence-electron chi connectivity index (χ2n) is 3.64. The van der Waals surface area contributed by atoms with Crippen LogP contribution < -0.4 is 0 Å². The summed E-state index contributed by atoms with van der Waals surface area (Å²) in [4.78, 5) is 19.3. The number of nitrogens with zero attached hydrogens (tertiary/aromatic N) is 1. The average molecular weight is 296 g/mol. The average Bonchev–Trinajstić information content (AvgIpc) is 2.00. The molecule has 1 rings (SSSR count). The summed E-state index contributed by atoms with van der Waals surface area (Å²) < 4.78 is 40.2. The van der Waals surface area contributed by atoms with Gasteiger partial charge in [-0.3, -0.25) is 14.0 Å². The third-order valence-corrected chi connectivity index (χ3v) is 6.93. The molecule has 10 heteroatoms. The van der Waals surface area contributed by atoms with Crippen LogP contribution in [0.15, 0.2) is 0 Å². The topological polar surface area (TPSA) is 115 Å². The number of piperidine rings is 1. The Labute approximate surface area is 100 Å². The summed E-state index contributed by atoms with van der Waals surface area (Å²) in [5, 5.41) is 0. The Hall–Kier alpha value is 0.310. The van der Waals surface area contributed by atoms with Gasteiger partial charge in [0.25, 0.3) is 14.7 Å². The van der Waals surface area contributed by atoms with Crippen LogP contribution in [0.5, 0.6) is 0 Å². The van der Waals surface area contributed by atoms with Crippen molar-refractivity contribution in [3.05, 3.63) is 0 Å². The molecule has 0 aliphatic carbocycles. The maximum atomic E-state index is 11.3. The fourth-order valence-corrected chi connectivity index (χ4v) is 5.00. The summed E-state index contributed by atoms with van der Waals surface area (Å²) in [6, 6.07) is 0. The monoisotopic (exact) mass is 295 g/mol. The van der Waals surface area contributed by atoms with E-state index in [-0.39, 0.29) is 25.4 Å². The minimum Gasteiger partial charge on any atom is -0.322 e. The van der Waals surface area contributed by atoms with E-state index in [2.05, 4.69) is 0 Å². The Bertz CT molecular complexity index is 394. The van der Waals surface area contributed by atoms with Crippen LogP contribution in [0, 0.1) is 0 Å². The Kier molecular flexibility index (Phi) is 4.99. The van der Waals surface area contributed by atoms with Gasteiger partial charge in [0.05, 0.1) is 0 Å². The van der Waals surface area contributed by atoms with Crippen LogP contribution in [-0.2, 0) is 14.7 Å². The smallest absolute Gasteiger partial charge is 0.322 e. The van der Waals surface area contributed by atoms with Crippen molar-refractivity contribution in [2.75, 3.05) is 13.6 Å². The summed E-state index contributed by atoms with van der Waals surface area (Å²) in [7, 11) is -8.51. The van der Waals surface area contributed by atoms with Gasteiger partial charge in [-0.05, 0) is 26.3 Å². The molecule has 1 saturated heterocycles. The molecular formula is C6H15ClNO6PS.